The van der Waals surface area contributed by atoms with Crippen molar-refractivity contribution in [2.24, 2.45) is 0 Å². The van der Waals surface area contributed by atoms with Gasteiger partial charge in [-0.05, 0) is 31.0 Å². The first-order chi connectivity index (χ1) is 9.65. The van der Waals surface area contributed by atoms with Gasteiger partial charge in [0.15, 0.2) is 5.13 Å². The van der Waals surface area contributed by atoms with Crippen LogP contribution in [-0.2, 0) is 0 Å². The number of hydrogen-bond acceptors (Lipinski definition) is 5. The molecule has 6 heteroatoms. The van der Waals surface area contributed by atoms with Crippen LogP contribution in [0.3, 0.4) is 0 Å². The van der Waals surface area contributed by atoms with Crippen molar-refractivity contribution in [1.82, 2.24) is 4.98 Å². The number of carbonyl (C=O) groups is 2. The summed E-state index contributed by atoms with van der Waals surface area (Å²) in [5, 5.41) is 2.39. The Morgan fingerprint density at radius 3 is 2.70 bits per heavy atom. The van der Waals surface area contributed by atoms with Gasteiger partial charge in [0.05, 0.1) is 16.8 Å². The number of nitrogen functional groups attached to an aromatic ring is 1. The topological polar surface area (TPSA) is 76.3 Å². The number of carbonyl (C=O) groups excluding carboxylic acids is 2. The fourth-order valence-corrected chi connectivity index (χ4v) is 3.28. The highest BCUT2D eigenvalue weighted by atomic mass is 32.1. The second-order valence-electron chi connectivity index (χ2n) is 5.08. The number of amides is 2. The van der Waals surface area contributed by atoms with Crippen molar-refractivity contribution in [1.29, 1.82) is 0 Å². The van der Waals surface area contributed by atoms with E-state index in [1.807, 2.05) is 5.38 Å². The van der Waals surface area contributed by atoms with Crippen LogP contribution in [0.15, 0.2) is 23.6 Å². The van der Waals surface area contributed by atoms with Crippen molar-refractivity contribution < 1.29 is 9.59 Å². The molecule has 1 aliphatic heterocycles. The van der Waals surface area contributed by atoms with Crippen LogP contribution >= 0.6 is 11.3 Å². The molecule has 0 spiro atoms. The maximum Gasteiger partial charge on any atom is 0.268 e. The van der Waals surface area contributed by atoms with Crippen LogP contribution in [0.2, 0.25) is 0 Å². The Hall–Kier alpha value is -2.21. The molecule has 1 saturated carbocycles. The molecule has 20 heavy (non-hydrogen) atoms. The number of nitrogens with two attached hydrogens (primary N) is 1. The smallest absolute Gasteiger partial charge is 0.268 e. The summed E-state index contributed by atoms with van der Waals surface area (Å²) >= 11 is 1.34. The van der Waals surface area contributed by atoms with Crippen molar-refractivity contribution in [2.45, 2.75) is 18.8 Å². The minimum absolute atomic E-state index is 0.318. The van der Waals surface area contributed by atoms with Crippen LogP contribution in [0.25, 0.3) is 0 Å². The molecule has 5 nitrogen and oxygen atoms in total. The number of aromatic nitrogens is 1. The molecule has 0 bridgehead atoms. The van der Waals surface area contributed by atoms with E-state index in [1.165, 1.54) is 11.3 Å². The quantitative estimate of drug-likeness (QED) is 0.679. The third kappa shape index (κ3) is 1.58. The highest BCUT2D eigenvalue weighted by molar-refractivity contribution is 7.14. The van der Waals surface area contributed by atoms with Gasteiger partial charge in [0.25, 0.3) is 11.8 Å². The first-order valence-electron chi connectivity index (χ1n) is 6.39. The molecular formula is C14H11N3O2S. The molecular weight excluding hydrogens is 274 g/mol. The number of imide groups is 1. The Morgan fingerprint density at radius 1 is 1.20 bits per heavy atom. The molecule has 100 valence electrons. The lowest BCUT2D eigenvalue weighted by Crippen LogP contribution is -2.29. The highest BCUT2D eigenvalue weighted by Crippen LogP contribution is 2.42. The minimum Gasteiger partial charge on any atom is -0.399 e. The predicted octanol–water partition coefficient (Wildman–Crippen LogP) is 2.40. The monoisotopic (exact) mass is 285 g/mol. The van der Waals surface area contributed by atoms with Gasteiger partial charge in [-0.15, -0.1) is 11.3 Å². The Morgan fingerprint density at radius 2 is 1.95 bits per heavy atom. The minimum atomic E-state index is -0.339. The lowest BCUT2D eigenvalue weighted by atomic mass is 10.1. The Balaban J connectivity index is 1.76. The average Bonchev–Trinajstić information content (AvgIpc) is 3.12. The summed E-state index contributed by atoms with van der Waals surface area (Å²) in [6.45, 7) is 0. The van der Waals surface area contributed by atoms with Crippen LogP contribution in [0, 0.1) is 0 Å². The molecule has 2 aliphatic rings. The second kappa shape index (κ2) is 3.89. The number of benzene rings is 1. The zero-order chi connectivity index (χ0) is 13.9. The molecule has 4 rings (SSSR count). The molecule has 1 aromatic carbocycles. The van der Waals surface area contributed by atoms with E-state index in [9.17, 15) is 9.59 Å². The van der Waals surface area contributed by atoms with Crippen LogP contribution < -0.4 is 10.6 Å². The van der Waals surface area contributed by atoms with Crippen LogP contribution in [0.4, 0.5) is 10.8 Å². The summed E-state index contributed by atoms with van der Waals surface area (Å²) in [7, 11) is 0. The van der Waals surface area contributed by atoms with E-state index < -0.39 is 0 Å². The van der Waals surface area contributed by atoms with Crippen molar-refractivity contribution >= 4 is 34.0 Å². The number of fused-ring (bicyclic) bond motifs is 1. The first kappa shape index (κ1) is 11.6. The summed E-state index contributed by atoms with van der Waals surface area (Å²) in [5.41, 5.74) is 7.90. The fraction of sp³-hybridized carbons (Fsp3) is 0.214. The zero-order valence-corrected chi connectivity index (χ0v) is 11.3. The first-order valence-corrected chi connectivity index (χ1v) is 7.27. The molecule has 2 N–H and O–H groups in total. The summed E-state index contributed by atoms with van der Waals surface area (Å²) in [6, 6.07) is 4.77. The predicted molar refractivity (Wildman–Crippen MR) is 76.1 cm³/mol. The fourth-order valence-electron chi connectivity index (χ4n) is 2.38. The lowest BCUT2D eigenvalue weighted by molar-refractivity contribution is 0.0926. The highest BCUT2D eigenvalue weighted by Gasteiger charge is 2.39. The number of thiazole rings is 1. The van der Waals surface area contributed by atoms with Gasteiger partial charge in [0, 0.05) is 17.0 Å². The van der Waals surface area contributed by atoms with Crippen LogP contribution in [0.5, 0.6) is 0 Å². The van der Waals surface area contributed by atoms with E-state index in [2.05, 4.69) is 4.98 Å². The average molecular weight is 285 g/mol. The lowest BCUT2D eigenvalue weighted by Gasteiger charge is -2.08. The number of anilines is 2. The normalized spacial score (nSPS) is 17.7. The summed E-state index contributed by atoms with van der Waals surface area (Å²) < 4.78 is 0. The molecule has 2 amide bonds. The Kier molecular flexibility index (Phi) is 2.26. The third-order valence-electron chi connectivity index (χ3n) is 3.61. The number of rotatable bonds is 2. The summed E-state index contributed by atoms with van der Waals surface area (Å²) in [6.07, 6.45) is 2.28. The maximum absolute atomic E-state index is 12.4. The van der Waals surface area contributed by atoms with Crippen LogP contribution in [-0.4, -0.2) is 16.8 Å². The Bertz CT molecular complexity index is 749. The molecule has 1 fully saturated rings. The summed E-state index contributed by atoms with van der Waals surface area (Å²) in [5.74, 6) is -0.151. The zero-order valence-electron chi connectivity index (χ0n) is 10.5. The molecule has 1 aliphatic carbocycles. The van der Waals surface area contributed by atoms with Gasteiger partial charge in [-0.25, -0.2) is 9.88 Å². The summed E-state index contributed by atoms with van der Waals surface area (Å²) in [4.78, 5) is 30.3. The third-order valence-corrected chi connectivity index (χ3v) is 4.45. The standard InChI is InChI=1S/C14H11N3O2S/c15-8-3-4-9-10(5-8)13(19)17(12(9)18)14-16-11(6-20-14)7-1-2-7/h3-7H,1-2,15H2. The van der Waals surface area contributed by atoms with Gasteiger partial charge in [-0.1, -0.05) is 0 Å². The number of nitrogens with zero attached hydrogens (tertiary/aromatic N) is 2. The second-order valence-corrected chi connectivity index (χ2v) is 5.92. The van der Waals surface area contributed by atoms with Crippen molar-refractivity contribution in [3.63, 3.8) is 0 Å². The van der Waals surface area contributed by atoms with Gasteiger partial charge in [0.1, 0.15) is 0 Å². The SMILES string of the molecule is Nc1ccc2c(c1)C(=O)N(c1nc(C3CC3)cs1)C2=O. The molecule has 0 saturated heterocycles. The molecule has 0 atom stereocenters. The Labute approximate surface area is 119 Å². The molecule has 0 unspecified atom stereocenters. The van der Waals surface area contributed by atoms with Gasteiger partial charge in [-0.2, -0.15) is 0 Å². The molecule has 2 aromatic rings. The van der Waals surface area contributed by atoms with E-state index in [1.54, 1.807) is 18.2 Å². The van der Waals surface area contributed by atoms with Crippen LogP contribution in [0.1, 0.15) is 45.2 Å². The molecule has 0 radical (unpaired) electrons. The van der Waals surface area contributed by atoms with Crippen molar-refractivity contribution in [3.8, 4) is 0 Å². The van der Waals surface area contributed by atoms with E-state index in [4.69, 9.17) is 5.73 Å². The maximum atomic E-state index is 12.4. The van der Waals surface area contributed by atoms with Gasteiger partial charge < -0.3 is 5.73 Å². The largest absolute Gasteiger partial charge is 0.399 e. The van der Waals surface area contributed by atoms with Crippen molar-refractivity contribution in [2.75, 3.05) is 10.6 Å². The van der Waals surface area contributed by atoms with E-state index in [0.29, 0.717) is 27.9 Å². The molecule has 2 heterocycles. The molecule has 1 aromatic heterocycles. The van der Waals surface area contributed by atoms with Gasteiger partial charge in [-0.3, -0.25) is 9.59 Å². The van der Waals surface area contributed by atoms with Gasteiger partial charge in [0.2, 0.25) is 0 Å². The van der Waals surface area contributed by atoms with Crippen molar-refractivity contribution in [3.05, 3.63) is 40.4 Å². The van der Waals surface area contributed by atoms with E-state index >= 15 is 0 Å². The van der Waals surface area contributed by atoms with E-state index in [0.717, 1.165) is 23.4 Å². The van der Waals surface area contributed by atoms with E-state index in [-0.39, 0.29) is 11.8 Å². The number of hydrogen-bond donors (Lipinski definition) is 1. The van der Waals surface area contributed by atoms with Gasteiger partial charge >= 0.3 is 0 Å².